The normalized spacial score (nSPS) is 31.6. The molecule has 94 valence electrons. The lowest BCUT2D eigenvalue weighted by molar-refractivity contribution is -0.123. The number of hydrogen-bond donors (Lipinski definition) is 2. The SMILES string of the molecule is CCNC1(CC(N)=O)CC(C)(C)OC1(C)C. The molecular weight excluding hydrogens is 204 g/mol. The summed E-state index contributed by atoms with van der Waals surface area (Å²) in [5, 5.41) is 3.41. The Labute approximate surface area is 97.9 Å². The van der Waals surface area contributed by atoms with Crippen LogP contribution in [0.2, 0.25) is 0 Å². The lowest BCUT2D eigenvalue weighted by Crippen LogP contribution is -2.58. The zero-order valence-electron chi connectivity index (χ0n) is 11.0. The third-order valence-electron chi connectivity index (χ3n) is 3.40. The lowest BCUT2D eigenvalue weighted by Gasteiger charge is -2.39. The standard InChI is InChI=1S/C12H24N2O2/c1-6-14-12(7-9(13)15)8-10(2,3)16-11(12,4)5/h14H,6-8H2,1-5H3,(H2,13,15). The Kier molecular flexibility index (Phi) is 3.37. The van der Waals surface area contributed by atoms with Crippen molar-refractivity contribution in [2.75, 3.05) is 6.54 Å². The number of likely N-dealkylation sites (N-methyl/N-ethyl adjacent to an activating group) is 1. The molecule has 1 atom stereocenters. The average Bonchev–Trinajstić information content (AvgIpc) is 2.14. The fraction of sp³-hybridized carbons (Fsp3) is 0.917. The van der Waals surface area contributed by atoms with Gasteiger partial charge in [0.05, 0.1) is 16.7 Å². The predicted octanol–water partition coefficient (Wildman–Crippen LogP) is 1.19. The highest BCUT2D eigenvalue weighted by Gasteiger charge is 2.57. The van der Waals surface area contributed by atoms with Gasteiger partial charge in [0.2, 0.25) is 5.91 Å². The highest BCUT2D eigenvalue weighted by Crippen LogP contribution is 2.46. The van der Waals surface area contributed by atoms with E-state index < -0.39 is 0 Å². The van der Waals surface area contributed by atoms with Crippen molar-refractivity contribution in [2.45, 2.75) is 64.2 Å². The first-order valence-electron chi connectivity index (χ1n) is 5.88. The van der Waals surface area contributed by atoms with Crippen LogP contribution in [0, 0.1) is 0 Å². The van der Waals surface area contributed by atoms with E-state index in [0.29, 0.717) is 6.42 Å². The molecule has 1 saturated heterocycles. The van der Waals surface area contributed by atoms with Crippen molar-refractivity contribution >= 4 is 5.91 Å². The van der Waals surface area contributed by atoms with Crippen molar-refractivity contribution in [1.29, 1.82) is 0 Å². The minimum Gasteiger partial charge on any atom is -0.370 e. The van der Waals surface area contributed by atoms with Crippen molar-refractivity contribution in [2.24, 2.45) is 5.73 Å². The van der Waals surface area contributed by atoms with Gasteiger partial charge in [-0.2, -0.15) is 0 Å². The number of rotatable bonds is 4. The summed E-state index contributed by atoms with van der Waals surface area (Å²) in [6.07, 6.45) is 1.11. The number of primary amides is 1. The van der Waals surface area contributed by atoms with Gasteiger partial charge in [-0.3, -0.25) is 4.79 Å². The van der Waals surface area contributed by atoms with Gasteiger partial charge in [-0.1, -0.05) is 6.92 Å². The van der Waals surface area contributed by atoms with E-state index in [1.807, 2.05) is 20.8 Å². The molecule has 0 bridgehead atoms. The minimum atomic E-state index is -0.387. The molecule has 0 radical (unpaired) electrons. The molecule has 0 saturated carbocycles. The van der Waals surface area contributed by atoms with Crippen LogP contribution in [0.5, 0.6) is 0 Å². The van der Waals surface area contributed by atoms with E-state index in [2.05, 4.69) is 19.2 Å². The molecule has 3 N–H and O–H groups in total. The number of nitrogens with one attached hydrogen (secondary N) is 1. The predicted molar refractivity (Wildman–Crippen MR) is 64.1 cm³/mol. The van der Waals surface area contributed by atoms with Crippen molar-refractivity contribution < 1.29 is 9.53 Å². The van der Waals surface area contributed by atoms with Crippen LogP contribution >= 0.6 is 0 Å². The van der Waals surface area contributed by atoms with Gasteiger partial charge in [-0.15, -0.1) is 0 Å². The number of nitrogens with two attached hydrogens (primary N) is 1. The average molecular weight is 228 g/mol. The van der Waals surface area contributed by atoms with Gasteiger partial charge < -0.3 is 15.8 Å². The Morgan fingerprint density at radius 3 is 2.25 bits per heavy atom. The van der Waals surface area contributed by atoms with Crippen LogP contribution in [0.25, 0.3) is 0 Å². The lowest BCUT2D eigenvalue weighted by atomic mass is 9.76. The first-order valence-corrected chi connectivity index (χ1v) is 5.88. The minimum absolute atomic E-state index is 0.221. The quantitative estimate of drug-likeness (QED) is 0.759. The molecule has 0 aromatic carbocycles. The fourth-order valence-corrected chi connectivity index (χ4v) is 3.01. The zero-order valence-corrected chi connectivity index (χ0v) is 11.0. The van der Waals surface area contributed by atoms with Crippen LogP contribution in [0.3, 0.4) is 0 Å². The molecule has 1 aliphatic rings. The Balaban J connectivity index is 3.04. The molecule has 4 nitrogen and oxygen atoms in total. The molecule has 1 fully saturated rings. The molecule has 0 aromatic heterocycles. The van der Waals surface area contributed by atoms with Crippen molar-refractivity contribution in [1.82, 2.24) is 5.32 Å². The summed E-state index contributed by atoms with van der Waals surface area (Å²) in [4.78, 5) is 11.3. The van der Waals surface area contributed by atoms with Gasteiger partial charge >= 0.3 is 0 Å². The third kappa shape index (κ3) is 2.38. The highest BCUT2D eigenvalue weighted by atomic mass is 16.5. The van der Waals surface area contributed by atoms with E-state index in [9.17, 15) is 4.79 Å². The number of hydrogen-bond acceptors (Lipinski definition) is 3. The second-order valence-corrected chi connectivity index (χ2v) is 5.80. The molecular formula is C12H24N2O2. The molecule has 0 aliphatic carbocycles. The number of carbonyl (C=O) groups is 1. The first-order chi connectivity index (χ1) is 7.14. The van der Waals surface area contributed by atoms with E-state index in [1.165, 1.54) is 0 Å². The maximum atomic E-state index is 11.3. The zero-order chi connectivity index (χ0) is 12.6. The second kappa shape index (κ2) is 4.00. The molecule has 1 unspecified atom stereocenters. The molecule has 1 amide bonds. The van der Waals surface area contributed by atoms with Crippen LogP contribution < -0.4 is 11.1 Å². The Hall–Kier alpha value is -0.610. The number of amides is 1. The molecule has 1 rings (SSSR count). The number of ether oxygens (including phenoxy) is 1. The summed E-state index contributed by atoms with van der Waals surface area (Å²) in [7, 11) is 0. The molecule has 16 heavy (non-hydrogen) atoms. The topological polar surface area (TPSA) is 64.3 Å². The third-order valence-corrected chi connectivity index (χ3v) is 3.40. The monoisotopic (exact) mass is 228 g/mol. The van der Waals surface area contributed by atoms with E-state index in [1.54, 1.807) is 0 Å². The van der Waals surface area contributed by atoms with Gasteiger partial charge in [0.25, 0.3) is 0 Å². The van der Waals surface area contributed by atoms with Gasteiger partial charge in [-0.05, 0) is 40.7 Å². The molecule has 0 spiro atoms. The van der Waals surface area contributed by atoms with E-state index in [0.717, 1.165) is 13.0 Å². The van der Waals surface area contributed by atoms with Crippen molar-refractivity contribution in [3.63, 3.8) is 0 Å². The van der Waals surface area contributed by atoms with Gasteiger partial charge in [0.15, 0.2) is 0 Å². The summed E-state index contributed by atoms with van der Waals surface area (Å²) >= 11 is 0. The maximum absolute atomic E-state index is 11.3. The molecule has 4 heteroatoms. The fourth-order valence-electron chi connectivity index (χ4n) is 3.01. The van der Waals surface area contributed by atoms with Gasteiger partial charge in [0, 0.05) is 6.42 Å². The highest BCUT2D eigenvalue weighted by molar-refractivity contribution is 5.75. The Bertz CT molecular complexity index is 287. The summed E-state index contributed by atoms with van der Waals surface area (Å²) in [6, 6.07) is 0. The Morgan fingerprint density at radius 2 is 1.94 bits per heavy atom. The van der Waals surface area contributed by atoms with Crippen LogP contribution in [0.4, 0.5) is 0 Å². The summed E-state index contributed by atoms with van der Waals surface area (Å²) in [5.41, 5.74) is 4.40. The Morgan fingerprint density at radius 1 is 1.38 bits per heavy atom. The van der Waals surface area contributed by atoms with Crippen molar-refractivity contribution in [3.05, 3.63) is 0 Å². The summed E-state index contributed by atoms with van der Waals surface area (Å²) in [6.45, 7) is 11.0. The second-order valence-electron chi connectivity index (χ2n) is 5.80. The smallest absolute Gasteiger partial charge is 0.219 e. The van der Waals surface area contributed by atoms with Gasteiger partial charge in [-0.25, -0.2) is 0 Å². The van der Waals surface area contributed by atoms with E-state index in [-0.39, 0.29) is 22.6 Å². The molecule has 1 heterocycles. The molecule has 1 aliphatic heterocycles. The van der Waals surface area contributed by atoms with Crippen LogP contribution in [0.15, 0.2) is 0 Å². The maximum Gasteiger partial charge on any atom is 0.219 e. The van der Waals surface area contributed by atoms with Crippen LogP contribution in [-0.2, 0) is 9.53 Å². The first kappa shape index (κ1) is 13.5. The van der Waals surface area contributed by atoms with E-state index >= 15 is 0 Å². The van der Waals surface area contributed by atoms with E-state index in [4.69, 9.17) is 10.5 Å². The summed E-state index contributed by atoms with van der Waals surface area (Å²) in [5.74, 6) is -0.282. The van der Waals surface area contributed by atoms with Crippen LogP contribution in [0.1, 0.15) is 47.5 Å². The van der Waals surface area contributed by atoms with Gasteiger partial charge in [0.1, 0.15) is 0 Å². The van der Waals surface area contributed by atoms with Crippen molar-refractivity contribution in [3.8, 4) is 0 Å². The number of carbonyl (C=O) groups excluding carboxylic acids is 1. The van der Waals surface area contributed by atoms with Crippen LogP contribution in [-0.4, -0.2) is 29.2 Å². The largest absolute Gasteiger partial charge is 0.370 e. The summed E-state index contributed by atoms with van der Waals surface area (Å²) < 4.78 is 6.04. The molecule has 0 aromatic rings.